The Morgan fingerprint density at radius 2 is 2.06 bits per heavy atom. The van der Waals surface area contributed by atoms with Crippen LogP contribution in [0.2, 0.25) is 0 Å². The van der Waals surface area contributed by atoms with Gasteiger partial charge in [0.25, 0.3) is 0 Å². The van der Waals surface area contributed by atoms with Gasteiger partial charge in [-0.3, -0.25) is 0 Å². The minimum Gasteiger partial charge on any atom is -0.342 e. The third-order valence-corrected chi connectivity index (χ3v) is 3.18. The first-order valence-corrected chi connectivity index (χ1v) is 5.92. The summed E-state index contributed by atoms with van der Waals surface area (Å²) in [5.74, 6) is -2.19. The summed E-state index contributed by atoms with van der Waals surface area (Å²) in [6.45, 7) is 0.380. The molecule has 1 atom stereocenters. The number of rotatable bonds is 3. The summed E-state index contributed by atoms with van der Waals surface area (Å²) >= 11 is 0. The summed E-state index contributed by atoms with van der Waals surface area (Å²) in [7, 11) is 0. The quantitative estimate of drug-likeness (QED) is 0.711. The van der Waals surface area contributed by atoms with E-state index in [4.69, 9.17) is 4.74 Å². The molecule has 0 aromatic carbocycles. The lowest BCUT2D eigenvalue weighted by Gasteiger charge is -2.27. The predicted molar refractivity (Wildman–Crippen MR) is 59.0 cm³/mol. The molecule has 1 unspecified atom stereocenters. The summed E-state index contributed by atoms with van der Waals surface area (Å²) in [4.78, 5) is 0. The second-order valence-corrected chi connectivity index (χ2v) is 4.57. The van der Waals surface area contributed by atoms with Crippen molar-refractivity contribution in [3.05, 3.63) is 30.5 Å². The fourth-order valence-electron chi connectivity index (χ4n) is 2.24. The molecule has 2 aliphatic carbocycles. The van der Waals surface area contributed by atoms with E-state index in [0.29, 0.717) is 12.5 Å². The van der Waals surface area contributed by atoms with E-state index in [9.17, 15) is 8.78 Å². The summed E-state index contributed by atoms with van der Waals surface area (Å²) < 4.78 is 32.0. The van der Waals surface area contributed by atoms with Crippen LogP contribution in [0.1, 0.15) is 32.1 Å². The number of hydrogen-bond donors (Lipinski definition) is 0. The first-order valence-electron chi connectivity index (χ1n) is 5.92. The van der Waals surface area contributed by atoms with Gasteiger partial charge in [-0.15, -0.1) is 0 Å². The maximum atomic E-state index is 13.9. The van der Waals surface area contributed by atoms with Crippen molar-refractivity contribution in [1.29, 1.82) is 0 Å². The Labute approximate surface area is 95.2 Å². The molecule has 0 amide bonds. The molecule has 0 aromatic heterocycles. The van der Waals surface area contributed by atoms with Crippen LogP contribution >= 0.6 is 0 Å². The molecule has 1 saturated carbocycles. The number of allylic oxidation sites excluding steroid dienone is 2. The van der Waals surface area contributed by atoms with Gasteiger partial charge in [-0.2, -0.15) is 0 Å². The first-order chi connectivity index (χ1) is 7.68. The van der Waals surface area contributed by atoms with Crippen LogP contribution in [0.3, 0.4) is 0 Å². The van der Waals surface area contributed by atoms with Crippen molar-refractivity contribution in [2.75, 3.05) is 6.61 Å². The lowest BCUT2D eigenvalue weighted by molar-refractivity contribution is -0.0953. The van der Waals surface area contributed by atoms with Crippen molar-refractivity contribution in [3.8, 4) is 0 Å². The number of alkyl halides is 1. The third-order valence-electron chi connectivity index (χ3n) is 3.18. The van der Waals surface area contributed by atoms with Gasteiger partial charge in [-0.1, -0.05) is 25.3 Å². The van der Waals surface area contributed by atoms with Crippen molar-refractivity contribution >= 4 is 0 Å². The fraction of sp³-hybridized carbons (Fsp3) is 0.615. The summed E-state index contributed by atoms with van der Waals surface area (Å²) in [5.41, 5.74) is 0. The Balaban J connectivity index is 1.82. The molecular formula is C13H17F2O. The lowest BCUT2D eigenvalue weighted by Crippen LogP contribution is -2.29. The van der Waals surface area contributed by atoms with E-state index in [1.54, 1.807) is 0 Å². The van der Waals surface area contributed by atoms with E-state index in [0.717, 1.165) is 18.9 Å². The highest BCUT2D eigenvalue weighted by Gasteiger charge is 2.31. The van der Waals surface area contributed by atoms with Crippen molar-refractivity contribution in [2.45, 2.75) is 38.0 Å². The standard InChI is InChI=1S/C13H17F2O/c14-12-7-4-8-13(15,9-12)16-10-11-5-2-1-3-6-11/h4,7-9,11H,1-3,5-6,10H2. The second-order valence-electron chi connectivity index (χ2n) is 4.57. The van der Waals surface area contributed by atoms with Gasteiger partial charge >= 0.3 is 0 Å². The van der Waals surface area contributed by atoms with Crippen LogP contribution < -0.4 is 0 Å². The molecule has 0 heterocycles. The van der Waals surface area contributed by atoms with Gasteiger partial charge in [0.05, 0.1) is 13.0 Å². The SMILES string of the molecule is FC1=CC(F)(OCC2CCCCC2)[CH]C=C1. The lowest BCUT2D eigenvalue weighted by atomic mass is 9.90. The topological polar surface area (TPSA) is 9.23 Å². The Bertz CT molecular complexity index is 292. The molecule has 0 aromatic rings. The number of ether oxygens (including phenoxy) is 1. The van der Waals surface area contributed by atoms with E-state index in [1.807, 2.05) is 0 Å². The predicted octanol–water partition coefficient (Wildman–Crippen LogP) is 3.88. The van der Waals surface area contributed by atoms with Crippen LogP contribution in [-0.4, -0.2) is 12.5 Å². The monoisotopic (exact) mass is 227 g/mol. The molecule has 3 heteroatoms. The van der Waals surface area contributed by atoms with E-state index >= 15 is 0 Å². The van der Waals surface area contributed by atoms with Gasteiger partial charge < -0.3 is 4.74 Å². The largest absolute Gasteiger partial charge is 0.342 e. The molecule has 0 N–H and O–H groups in total. The van der Waals surface area contributed by atoms with Gasteiger partial charge in [0.15, 0.2) is 0 Å². The molecule has 89 valence electrons. The van der Waals surface area contributed by atoms with Gasteiger partial charge in [-0.05, 0) is 24.8 Å². The Kier molecular flexibility index (Phi) is 3.74. The van der Waals surface area contributed by atoms with Gasteiger partial charge in [0, 0.05) is 6.08 Å². The smallest absolute Gasteiger partial charge is 0.238 e. The maximum absolute atomic E-state index is 13.9. The van der Waals surface area contributed by atoms with Gasteiger partial charge in [-0.25, -0.2) is 8.78 Å². The summed E-state index contributed by atoms with van der Waals surface area (Å²) in [6.07, 6.45) is 10.6. The van der Waals surface area contributed by atoms with Crippen molar-refractivity contribution < 1.29 is 13.5 Å². The molecule has 1 radical (unpaired) electrons. The van der Waals surface area contributed by atoms with E-state index in [2.05, 4.69) is 0 Å². The fourth-order valence-corrected chi connectivity index (χ4v) is 2.24. The molecule has 2 aliphatic rings. The Morgan fingerprint density at radius 3 is 2.75 bits per heavy atom. The average molecular weight is 227 g/mol. The number of halogens is 2. The Morgan fingerprint density at radius 1 is 1.31 bits per heavy atom. The zero-order chi connectivity index (χ0) is 11.4. The zero-order valence-electron chi connectivity index (χ0n) is 9.29. The zero-order valence-corrected chi connectivity index (χ0v) is 9.29. The normalized spacial score (nSPS) is 31.5. The highest BCUT2D eigenvalue weighted by molar-refractivity contribution is 5.28. The molecule has 1 nitrogen and oxygen atoms in total. The van der Waals surface area contributed by atoms with E-state index in [1.165, 1.54) is 37.8 Å². The molecule has 0 spiro atoms. The van der Waals surface area contributed by atoms with Crippen LogP contribution in [0.4, 0.5) is 8.78 Å². The van der Waals surface area contributed by atoms with E-state index in [-0.39, 0.29) is 0 Å². The van der Waals surface area contributed by atoms with Crippen molar-refractivity contribution in [3.63, 3.8) is 0 Å². The molecule has 0 bridgehead atoms. The highest BCUT2D eigenvalue weighted by atomic mass is 19.2. The van der Waals surface area contributed by atoms with E-state index < -0.39 is 11.7 Å². The second kappa shape index (κ2) is 5.09. The molecular weight excluding hydrogens is 210 g/mol. The Hall–Kier alpha value is -0.700. The summed E-state index contributed by atoms with van der Waals surface area (Å²) in [5, 5.41) is 0. The number of hydrogen-bond acceptors (Lipinski definition) is 1. The van der Waals surface area contributed by atoms with Crippen molar-refractivity contribution in [2.24, 2.45) is 5.92 Å². The molecule has 2 rings (SSSR count). The van der Waals surface area contributed by atoms with Crippen LogP contribution in [0.25, 0.3) is 0 Å². The minimum atomic E-state index is -2.05. The van der Waals surface area contributed by atoms with Crippen LogP contribution in [0.15, 0.2) is 24.1 Å². The average Bonchev–Trinajstić information content (AvgIpc) is 2.28. The van der Waals surface area contributed by atoms with Crippen LogP contribution in [0, 0.1) is 12.3 Å². The van der Waals surface area contributed by atoms with Crippen molar-refractivity contribution in [1.82, 2.24) is 0 Å². The third kappa shape index (κ3) is 3.14. The maximum Gasteiger partial charge on any atom is 0.238 e. The highest BCUT2D eigenvalue weighted by Crippen LogP contribution is 2.30. The molecule has 16 heavy (non-hydrogen) atoms. The minimum absolute atomic E-state index is 0.380. The van der Waals surface area contributed by atoms with Gasteiger partial charge in [0.2, 0.25) is 5.85 Å². The van der Waals surface area contributed by atoms with Gasteiger partial charge in [0.1, 0.15) is 5.83 Å². The molecule has 1 fully saturated rings. The first kappa shape index (κ1) is 11.8. The summed E-state index contributed by atoms with van der Waals surface area (Å²) in [6, 6.07) is 0. The molecule has 0 aliphatic heterocycles. The van der Waals surface area contributed by atoms with Crippen LogP contribution in [0.5, 0.6) is 0 Å². The molecule has 0 saturated heterocycles. The van der Waals surface area contributed by atoms with Crippen LogP contribution in [-0.2, 0) is 4.74 Å².